The molecule has 1 rings (SSSR count). The van der Waals surface area contributed by atoms with Crippen LogP contribution in [-0.2, 0) is 11.0 Å². The van der Waals surface area contributed by atoms with Gasteiger partial charge in [0.2, 0.25) is 9.04 Å². The molecule has 1 nitrogen and oxygen atoms in total. The van der Waals surface area contributed by atoms with Crippen LogP contribution < -0.4 is 0 Å². The molecule has 0 unspecified atom stereocenters. The van der Waals surface area contributed by atoms with Crippen LogP contribution in [0.4, 0.5) is 0 Å². The van der Waals surface area contributed by atoms with E-state index in [0.717, 1.165) is 5.02 Å². The molecular formula is C13H20ClOSi. The Labute approximate surface area is 106 Å². The fourth-order valence-corrected chi connectivity index (χ4v) is 4.21. The molecule has 0 heterocycles. The van der Waals surface area contributed by atoms with Crippen LogP contribution in [0.2, 0.25) is 16.1 Å². The summed E-state index contributed by atoms with van der Waals surface area (Å²) < 4.78 is 6.05. The first-order chi connectivity index (χ1) is 7.50. The predicted octanol–water partition coefficient (Wildman–Crippen LogP) is 4.67. The fraction of sp³-hybridized carbons (Fsp3) is 0.538. The van der Waals surface area contributed by atoms with Crippen molar-refractivity contribution in [2.24, 2.45) is 0 Å². The summed E-state index contributed by atoms with van der Waals surface area (Å²) in [4.78, 5) is 0. The molecule has 0 spiro atoms. The molecule has 3 heteroatoms. The summed E-state index contributed by atoms with van der Waals surface area (Å²) in [6, 6.07) is 7.89. The minimum Gasteiger partial charge on any atom is -0.412 e. The van der Waals surface area contributed by atoms with Crippen LogP contribution in [-0.4, -0.2) is 9.04 Å². The van der Waals surface area contributed by atoms with E-state index in [4.69, 9.17) is 16.0 Å². The standard InChI is InChI=1S/C13H20ClOSi/c1-10(2)16(11(3)4)15-9-12-5-7-13(14)8-6-12/h5-8,10-11H,9H2,1-4H3. The molecule has 0 aliphatic carbocycles. The van der Waals surface area contributed by atoms with Gasteiger partial charge in [-0.2, -0.15) is 0 Å². The van der Waals surface area contributed by atoms with E-state index < -0.39 is 9.04 Å². The number of hydrogen-bond acceptors (Lipinski definition) is 1. The first-order valence-corrected chi connectivity index (χ1v) is 7.68. The maximum Gasteiger partial charge on any atom is 0.217 e. The van der Waals surface area contributed by atoms with E-state index in [-0.39, 0.29) is 0 Å². The molecule has 1 aromatic rings. The van der Waals surface area contributed by atoms with Crippen molar-refractivity contribution in [3.05, 3.63) is 34.9 Å². The Kier molecular flexibility index (Phi) is 5.53. The Bertz CT molecular complexity index is 300. The zero-order chi connectivity index (χ0) is 12.1. The summed E-state index contributed by atoms with van der Waals surface area (Å²) in [5, 5.41) is 0.780. The molecule has 89 valence electrons. The van der Waals surface area contributed by atoms with Crippen LogP contribution >= 0.6 is 11.6 Å². The lowest BCUT2D eigenvalue weighted by Gasteiger charge is -2.22. The van der Waals surface area contributed by atoms with Gasteiger partial charge in [-0.3, -0.25) is 0 Å². The number of hydrogen-bond donors (Lipinski definition) is 0. The molecule has 1 aromatic carbocycles. The van der Waals surface area contributed by atoms with Crippen molar-refractivity contribution in [1.82, 2.24) is 0 Å². The highest BCUT2D eigenvalue weighted by Crippen LogP contribution is 2.22. The Morgan fingerprint density at radius 2 is 1.56 bits per heavy atom. The largest absolute Gasteiger partial charge is 0.412 e. The molecule has 0 amide bonds. The topological polar surface area (TPSA) is 9.23 Å². The van der Waals surface area contributed by atoms with Crippen molar-refractivity contribution < 1.29 is 4.43 Å². The SMILES string of the molecule is CC(C)[Si](OCc1ccc(Cl)cc1)C(C)C. The Hall–Kier alpha value is -0.313. The minimum absolute atomic E-state index is 0.650. The van der Waals surface area contributed by atoms with Crippen molar-refractivity contribution in [2.45, 2.75) is 45.4 Å². The number of rotatable bonds is 5. The second-order valence-electron chi connectivity index (χ2n) is 4.63. The summed E-state index contributed by atoms with van der Waals surface area (Å²) in [6.45, 7) is 9.69. The summed E-state index contributed by atoms with van der Waals surface area (Å²) in [5.74, 6) is 0. The summed E-state index contributed by atoms with van der Waals surface area (Å²) in [6.07, 6.45) is 0. The first kappa shape index (κ1) is 13.8. The van der Waals surface area contributed by atoms with Gasteiger partial charge in [0.05, 0.1) is 6.61 Å². The first-order valence-electron chi connectivity index (χ1n) is 5.74. The lowest BCUT2D eigenvalue weighted by molar-refractivity contribution is 0.296. The maximum absolute atomic E-state index is 6.05. The van der Waals surface area contributed by atoms with Gasteiger partial charge in [0.25, 0.3) is 0 Å². The molecule has 0 aliphatic rings. The average molecular weight is 256 g/mol. The third-order valence-electron chi connectivity index (χ3n) is 2.46. The molecular weight excluding hydrogens is 236 g/mol. The van der Waals surface area contributed by atoms with Crippen molar-refractivity contribution in [3.8, 4) is 0 Å². The van der Waals surface area contributed by atoms with Gasteiger partial charge in [0.1, 0.15) is 0 Å². The minimum atomic E-state index is -0.719. The molecule has 0 fully saturated rings. The van der Waals surface area contributed by atoms with Crippen LogP contribution in [0.25, 0.3) is 0 Å². The van der Waals surface area contributed by atoms with Gasteiger partial charge in [-0.15, -0.1) is 0 Å². The Morgan fingerprint density at radius 3 is 2.00 bits per heavy atom. The van der Waals surface area contributed by atoms with Gasteiger partial charge >= 0.3 is 0 Å². The van der Waals surface area contributed by atoms with E-state index in [9.17, 15) is 0 Å². The van der Waals surface area contributed by atoms with E-state index in [1.54, 1.807) is 0 Å². The average Bonchev–Trinajstić information content (AvgIpc) is 2.20. The normalized spacial score (nSPS) is 11.8. The van der Waals surface area contributed by atoms with E-state index in [1.165, 1.54) is 5.56 Å². The molecule has 0 N–H and O–H groups in total. The van der Waals surface area contributed by atoms with Crippen LogP contribution in [0.15, 0.2) is 24.3 Å². The highest BCUT2D eigenvalue weighted by Gasteiger charge is 2.21. The maximum atomic E-state index is 6.05. The third kappa shape index (κ3) is 4.28. The van der Waals surface area contributed by atoms with Crippen LogP contribution in [0.1, 0.15) is 33.3 Å². The molecule has 0 aromatic heterocycles. The smallest absolute Gasteiger partial charge is 0.217 e. The van der Waals surface area contributed by atoms with Gasteiger partial charge < -0.3 is 4.43 Å². The quantitative estimate of drug-likeness (QED) is 0.695. The molecule has 0 bridgehead atoms. The fourth-order valence-electron chi connectivity index (χ4n) is 1.75. The number of halogens is 1. The highest BCUT2D eigenvalue weighted by molar-refractivity contribution is 6.54. The lowest BCUT2D eigenvalue weighted by atomic mass is 10.2. The number of benzene rings is 1. The summed E-state index contributed by atoms with van der Waals surface area (Å²) >= 11 is 5.84. The van der Waals surface area contributed by atoms with Crippen molar-refractivity contribution >= 4 is 20.6 Å². The third-order valence-corrected chi connectivity index (χ3v) is 5.46. The predicted molar refractivity (Wildman–Crippen MR) is 72.2 cm³/mol. The van der Waals surface area contributed by atoms with Gasteiger partial charge in [0, 0.05) is 5.02 Å². The van der Waals surface area contributed by atoms with Gasteiger partial charge in [-0.25, -0.2) is 0 Å². The highest BCUT2D eigenvalue weighted by atomic mass is 35.5. The second kappa shape index (κ2) is 6.43. The Balaban J connectivity index is 2.52. The van der Waals surface area contributed by atoms with Crippen molar-refractivity contribution in [1.29, 1.82) is 0 Å². The van der Waals surface area contributed by atoms with Crippen LogP contribution in [0.5, 0.6) is 0 Å². The van der Waals surface area contributed by atoms with E-state index in [2.05, 4.69) is 27.7 Å². The van der Waals surface area contributed by atoms with E-state index in [0.29, 0.717) is 17.7 Å². The second-order valence-corrected chi connectivity index (χ2v) is 8.47. The van der Waals surface area contributed by atoms with Crippen LogP contribution in [0, 0.1) is 0 Å². The molecule has 0 saturated heterocycles. The summed E-state index contributed by atoms with van der Waals surface area (Å²) in [5.41, 5.74) is 2.50. The lowest BCUT2D eigenvalue weighted by Crippen LogP contribution is -2.25. The zero-order valence-corrected chi connectivity index (χ0v) is 12.2. The van der Waals surface area contributed by atoms with Gasteiger partial charge in [0.15, 0.2) is 0 Å². The van der Waals surface area contributed by atoms with Crippen molar-refractivity contribution in [3.63, 3.8) is 0 Å². The molecule has 1 radical (unpaired) electrons. The summed E-state index contributed by atoms with van der Waals surface area (Å²) in [7, 11) is -0.719. The molecule has 0 atom stereocenters. The monoisotopic (exact) mass is 255 g/mol. The van der Waals surface area contributed by atoms with E-state index >= 15 is 0 Å². The van der Waals surface area contributed by atoms with Gasteiger partial charge in [-0.1, -0.05) is 51.4 Å². The molecule has 16 heavy (non-hydrogen) atoms. The van der Waals surface area contributed by atoms with Crippen LogP contribution in [0.3, 0.4) is 0 Å². The van der Waals surface area contributed by atoms with E-state index in [1.807, 2.05) is 24.3 Å². The Morgan fingerprint density at radius 1 is 1.06 bits per heavy atom. The molecule has 0 saturated carbocycles. The van der Waals surface area contributed by atoms with Crippen molar-refractivity contribution in [2.75, 3.05) is 0 Å². The van der Waals surface area contributed by atoms with Gasteiger partial charge in [-0.05, 0) is 28.8 Å². The zero-order valence-electron chi connectivity index (χ0n) is 10.5. The molecule has 0 aliphatic heterocycles.